The van der Waals surface area contributed by atoms with E-state index in [4.69, 9.17) is 0 Å². The van der Waals surface area contributed by atoms with E-state index in [0.717, 1.165) is 51.0 Å². The first-order chi connectivity index (χ1) is 13.4. The highest BCUT2D eigenvalue weighted by Crippen LogP contribution is 2.33. The minimum atomic E-state index is 0.0502. The normalized spacial score (nSPS) is 21.6. The quantitative estimate of drug-likeness (QED) is 0.816. The number of aromatic nitrogens is 2. The van der Waals surface area contributed by atoms with Crippen molar-refractivity contribution < 1.29 is 4.79 Å². The summed E-state index contributed by atoms with van der Waals surface area (Å²) in [4.78, 5) is 22.2. The predicted octanol–water partition coefficient (Wildman–Crippen LogP) is 3.41. The van der Waals surface area contributed by atoms with Crippen molar-refractivity contribution in [3.63, 3.8) is 0 Å². The van der Waals surface area contributed by atoms with E-state index in [1.54, 1.807) is 0 Å². The number of carbonyl (C=O) groups excluding carboxylic acids is 1. The minimum absolute atomic E-state index is 0.0502. The first-order valence-corrected chi connectivity index (χ1v) is 10.5. The van der Waals surface area contributed by atoms with Gasteiger partial charge < -0.3 is 9.47 Å². The maximum Gasteiger partial charge on any atom is 0.244 e. The van der Waals surface area contributed by atoms with Gasteiger partial charge in [-0.05, 0) is 70.2 Å². The second kappa shape index (κ2) is 7.70. The average molecular weight is 381 g/mol. The molecule has 2 aromatic rings. The molecule has 5 nitrogen and oxygen atoms in total. The van der Waals surface area contributed by atoms with Crippen LogP contribution in [0.1, 0.15) is 41.8 Å². The van der Waals surface area contributed by atoms with E-state index in [0.29, 0.717) is 5.92 Å². The fourth-order valence-corrected chi connectivity index (χ4v) is 5.14. The molecule has 0 N–H and O–H groups in total. The van der Waals surface area contributed by atoms with Crippen molar-refractivity contribution in [1.29, 1.82) is 0 Å². The van der Waals surface area contributed by atoms with Crippen molar-refractivity contribution in [1.82, 2.24) is 14.5 Å². The van der Waals surface area contributed by atoms with Gasteiger partial charge in [0.2, 0.25) is 5.91 Å². The molecule has 5 heteroatoms. The summed E-state index contributed by atoms with van der Waals surface area (Å²) < 4.78 is 2.12. The van der Waals surface area contributed by atoms with Gasteiger partial charge in [0, 0.05) is 38.1 Å². The lowest BCUT2D eigenvalue weighted by atomic mass is 9.92. The number of piperidine rings is 1. The average Bonchev–Trinajstić information content (AvgIpc) is 3.22. The third-order valence-electron chi connectivity index (χ3n) is 6.56. The molecule has 2 aliphatic heterocycles. The topological polar surface area (TPSA) is 41.4 Å². The number of aryl methyl sites for hydroxylation is 4. The molecular weight excluding hydrogens is 348 g/mol. The molecule has 1 atom stereocenters. The number of hydrogen-bond acceptors (Lipinski definition) is 3. The van der Waals surface area contributed by atoms with Crippen molar-refractivity contribution >= 4 is 11.6 Å². The van der Waals surface area contributed by atoms with Crippen LogP contribution in [-0.4, -0.2) is 46.0 Å². The molecular formula is C23H32N4O. The summed E-state index contributed by atoms with van der Waals surface area (Å²) in [5.41, 5.74) is 4.81. The summed E-state index contributed by atoms with van der Waals surface area (Å²) in [5, 5.41) is 0. The molecule has 1 aromatic heterocycles. The molecule has 0 aliphatic carbocycles. The number of benzene rings is 1. The molecule has 28 heavy (non-hydrogen) atoms. The van der Waals surface area contributed by atoms with E-state index in [2.05, 4.69) is 54.4 Å². The Morgan fingerprint density at radius 3 is 2.32 bits per heavy atom. The SMILES string of the molecule is Cc1cc(C)c(N2CCC(N3CCC(Cc4nccn4C)CC3)C2=O)c(C)c1. The van der Waals surface area contributed by atoms with Crippen LogP contribution in [0.2, 0.25) is 0 Å². The van der Waals surface area contributed by atoms with Gasteiger partial charge in [0.1, 0.15) is 5.82 Å². The Balaban J connectivity index is 1.39. The minimum Gasteiger partial charge on any atom is -0.338 e. The number of hydrogen-bond donors (Lipinski definition) is 0. The zero-order valence-corrected chi connectivity index (χ0v) is 17.6. The molecule has 3 heterocycles. The highest BCUT2D eigenvalue weighted by Gasteiger charge is 2.38. The van der Waals surface area contributed by atoms with Crippen LogP contribution in [0.5, 0.6) is 0 Å². The highest BCUT2D eigenvalue weighted by atomic mass is 16.2. The Morgan fingerprint density at radius 2 is 1.71 bits per heavy atom. The van der Waals surface area contributed by atoms with Crippen LogP contribution in [0.15, 0.2) is 24.5 Å². The van der Waals surface area contributed by atoms with E-state index < -0.39 is 0 Å². The third-order valence-corrected chi connectivity index (χ3v) is 6.56. The van der Waals surface area contributed by atoms with Crippen LogP contribution < -0.4 is 4.90 Å². The highest BCUT2D eigenvalue weighted by molar-refractivity contribution is 6.00. The van der Waals surface area contributed by atoms with Crippen LogP contribution in [-0.2, 0) is 18.3 Å². The molecule has 1 unspecified atom stereocenters. The van der Waals surface area contributed by atoms with Crippen LogP contribution in [0.3, 0.4) is 0 Å². The summed E-state index contributed by atoms with van der Waals surface area (Å²) in [6.07, 6.45) is 8.19. The van der Waals surface area contributed by atoms with E-state index in [-0.39, 0.29) is 11.9 Å². The number of imidazole rings is 1. The largest absolute Gasteiger partial charge is 0.338 e. The summed E-state index contributed by atoms with van der Waals surface area (Å²) in [6.45, 7) is 9.24. The van der Waals surface area contributed by atoms with Gasteiger partial charge in [0.25, 0.3) is 0 Å². The number of rotatable bonds is 4. The molecule has 4 rings (SSSR count). The van der Waals surface area contributed by atoms with E-state index in [9.17, 15) is 4.79 Å². The summed E-state index contributed by atoms with van der Waals surface area (Å²) in [7, 11) is 2.07. The molecule has 0 spiro atoms. The Morgan fingerprint density at radius 1 is 1.04 bits per heavy atom. The van der Waals surface area contributed by atoms with E-state index >= 15 is 0 Å². The van der Waals surface area contributed by atoms with Gasteiger partial charge in [-0.25, -0.2) is 4.98 Å². The van der Waals surface area contributed by atoms with Crippen LogP contribution in [0, 0.1) is 26.7 Å². The Labute approximate surface area is 168 Å². The number of likely N-dealkylation sites (tertiary alicyclic amines) is 1. The Kier molecular flexibility index (Phi) is 5.28. The van der Waals surface area contributed by atoms with Crippen molar-refractivity contribution in [2.75, 3.05) is 24.5 Å². The maximum atomic E-state index is 13.2. The third kappa shape index (κ3) is 3.60. The van der Waals surface area contributed by atoms with Crippen LogP contribution in [0.4, 0.5) is 5.69 Å². The molecule has 0 saturated carbocycles. The van der Waals surface area contributed by atoms with Crippen molar-refractivity contribution in [3.05, 3.63) is 47.0 Å². The summed E-state index contributed by atoms with van der Waals surface area (Å²) >= 11 is 0. The van der Waals surface area contributed by atoms with Crippen molar-refractivity contribution in [2.45, 2.75) is 52.5 Å². The molecule has 1 amide bonds. The number of carbonyl (C=O) groups is 1. The molecule has 2 saturated heterocycles. The number of anilines is 1. The zero-order valence-electron chi connectivity index (χ0n) is 17.6. The maximum absolute atomic E-state index is 13.2. The number of amides is 1. The van der Waals surface area contributed by atoms with E-state index in [1.165, 1.54) is 22.5 Å². The number of nitrogens with zero attached hydrogens (tertiary/aromatic N) is 4. The molecule has 1 aromatic carbocycles. The van der Waals surface area contributed by atoms with Crippen molar-refractivity contribution in [2.24, 2.45) is 13.0 Å². The monoisotopic (exact) mass is 380 g/mol. The smallest absolute Gasteiger partial charge is 0.244 e. The molecule has 0 radical (unpaired) electrons. The fourth-order valence-electron chi connectivity index (χ4n) is 5.14. The van der Waals surface area contributed by atoms with Gasteiger partial charge in [-0.3, -0.25) is 9.69 Å². The fraction of sp³-hybridized carbons (Fsp3) is 0.565. The lowest BCUT2D eigenvalue weighted by molar-refractivity contribution is -0.122. The summed E-state index contributed by atoms with van der Waals surface area (Å²) in [5.74, 6) is 2.14. The predicted molar refractivity (Wildman–Crippen MR) is 113 cm³/mol. The van der Waals surface area contributed by atoms with Gasteiger partial charge >= 0.3 is 0 Å². The molecule has 2 aliphatic rings. The molecule has 2 fully saturated rings. The van der Waals surface area contributed by atoms with Gasteiger partial charge in [0.15, 0.2) is 0 Å². The Hall–Kier alpha value is -2.14. The van der Waals surface area contributed by atoms with Gasteiger partial charge in [-0.15, -0.1) is 0 Å². The summed E-state index contributed by atoms with van der Waals surface area (Å²) in [6, 6.07) is 4.42. The first-order valence-electron chi connectivity index (χ1n) is 10.5. The van der Waals surface area contributed by atoms with Gasteiger partial charge in [0.05, 0.1) is 6.04 Å². The first kappa shape index (κ1) is 19.2. The standard InChI is InChI=1S/C23H32N4O/c1-16-13-17(2)22(18(3)14-16)27-11-7-20(23(27)28)26-9-5-19(6-10-26)15-21-24-8-12-25(21)4/h8,12-14,19-20H,5-7,9-11,15H2,1-4H3. The second-order valence-electron chi connectivity index (χ2n) is 8.68. The van der Waals surface area contributed by atoms with Crippen LogP contribution in [0.25, 0.3) is 0 Å². The lowest BCUT2D eigenvalue weighted by Crippen LogP contribution is -2.46. The van der Waals surface area contributed by atoms with Gasteiger partial charge in [-0.1, -0.05) is 17.7 Å². The molecule has 0 bridgehead atoms. The van der Waals surface area contributed by atoms with Gasteiger partial charge in [-0.2, -0.15) is 0 Å². The second-order valence-corrected chi connectivity index (χ2v) is 8.68. The Bertz CT molecular complexity index is 840. The van der Waals surface area contributed by atoms with Crippen molar-refractivity contribution in [3.8, 4) is 0 Å². The molecule has 150 valence electrons. The lowest BCUT2D eigenvalue weighted by Gasteiger charge is -2.35. The zero-order chi connectivity index (χ0) is 19.8. The van der Waals surface area contributed by atoms with Crippen LogP contribution >= 0.6 is 0 Å². The van der Waals surface area contributed by atoms with E-state index in [1.807, 2.05) is 17.3 Å².